The molecule has 2 heterocycles. The molecule has 3 N–H and O–H groups in total. The zero-order valence-electron chi connectivity index (χ0n) is 16.8. The average molecular weight is 417 g/mol. The first-order valence-corrected chi connectivity index (χ1v) is 10.8. The van der Waals surface area contributed by atoms with E-state index >= 15 is 0 Å². The van der Waals surface area contributed by atoms with Gasteiger partial charge in [0.05, 0.1) is 4.90 Å². The standard InChI is InChI=1S/C20H24N4O4S/c1-5-17-22-18-11(2)16(12(3)21-19(18)23-17)10-14-6-8-15(9-7-14)29(27,28)24-13(4)20(25)26/h6-9,13,24H,5,10H2,1-4H3,(H,25,26)(H,21,22,23). The average Bonchev–Trinajstić information content (AvgIpc) is 3.08. The van der Waals surface area contributed by atoms with Gasteiger partial charge in [-0.2, -0.15) is 4.72 Å². The molecule has 0 aliphatic carbocycles. The number of imidazole rings is 1. The highest BCUT2D eigenvalue weighted by Crippen LogP contribution is 2.24. The Morgan fingerprint density at radius 2 is 1.86 bits per heavy atom. The summed E-state index contributed by atoms with van der Waals surface area (Å²) in [7, 11) is -3.90. The molecule has 2 aromatic heterocycles. The molecule has 1 atom stereocenters. The summed E-state index contributed by atoms with van der Waals surface area (Å²) in [6.45, 7) is 7.28. The first kappa shape index (κ1) is 20.9. The third-order valence-corrected chi connectivity index (χ3v) is 6.47. The van der Waals surface area contributed by atoms with Crippen LogP contribution in [0.25, 0.3) is 11.2 Å². The number of nitrogens with zero attached hydrogens (tertiary/aromatic N) is 2. The maximum Gasteiger partial charge on any atom is 0.321 e. The van der Waals surface area contributed by atoms with E-state index in [0.717, 1.165) is 45.8 Å². The minimum absolute atomic E-state index is 0.0243. The highest BCUT2D eigenvalue weighted by atomic mass is 32.2. The summed E-state index contributed by atoms with van der Waals surface area (Å²) >= 11 is 0. The zero-order chi connectivity index (χ0) is 21.3. The van der Waals surface area contributed by atoms with Crippen molar-refractivity contribution in [3.63, 3.8) is 0 Å². The number of H-pyrrole nitrogens is 1. The minimum Gasteiger partial charge on any atom is -0.480 e. The van der Waals surface area contributed by atoms with Crippen LogP contribution in [0, 0.1) is 13.8 Å². The number of pyridine rings is 1. The lowest BCUT2D eigenvalue weighted by Gasteiger charge is -2.12. The lowest BCUT2D eigenvalue weighted by Crippen LogP contribution is -2.38. The van der Waals surface area contributed by atoms with Crippen LogP contribution in [0.3, 0.4) is 0 Å². The number of carboxylic acid groups (broad SMARTS) is 1. The third kappa shape index (κ3) is 4.30. The van der Waals surface area contributed by atoms with Crippen molar-refractivity contribution in [1.29, 1.82) is 0 Å². The maximum absolute atomic E-state index is 12.3. The second-order valence-corrected chi connectivity index (χ2v) is 8.75. The smallest absolute Gasteiger partial charge is 0.321 e. The van der Waals surface area contributed by atoms with E-state index < -0.39 is 22.0 Å². The number of aryl methyl sites for hydroxylation is 3. The van der Waals surface area contributed by atoms with Gasteiger partial charge in [0.1, 0.15) is 17.4 Å². The highest BCUT2D eigenvalue weighted by Gasteiger charge is 2.21. The van der Waals surface area contributed by atoms with Gasteiger partial charge in [-0.15, -0.1) is 0 Å². The van der Waals surface area contributed by atoms with Crippen LogP contribution in [-0.2, 0) is 27.7 Å². The fraction of sp³-hybridized carbons (Fsp3) is 0.350. The number of benzene rings is 1. The van der Waals surface area contributed by atoms with Crippen molar-refractivity contribution in [1.82, 2.24) is 19.7 Å². The Bertz CT molecular complexity index is 1170. The molecule has 0 spiro atoms. The van der Waals surface area contributed by atoms with Crippen molar-refractivity contribution in [2.24, 2.45) is 0 Å². The van der Waals surface area contributed by atoms with E-state index in [0.29, 0.717) is 6.42 Å². The largest absolute Gasteiger partial charge is 0.480 e. The number of carboxylic acids is 1. The van der Waals surface area contributed by atoms with Crippen molar-refractivity contribution < 1.29 is 18.3 Å². The second kappa shape index (κ2) is 7.92. The Morgan fingerprint density at radius 3 is 2.45 bits per heavy atom. The molecule has 0 aliphatic heterocycles. The van der Waals surface area contributed by atoms with E-state index in [4.69, 9.17) is 5.11 Å². The van der Waals surface area contributed by atoms with E-state index in [9.17, 15) is 13.2 Å². The Morgan fingerprint density at radius 1 is 1.21 bits per heavy atom. The number of hydrogen-bond donors (Lipinski definition) is 3. The fourth-order valence-corrected chi connectivity index (χ4v) is 4.37. The fourth-order valence-electron chi connectivity index (χ4n) is 3.17. The van der Waals surface area contributed by atoms with Crippen LogP contribution in [0.2, 0.25) is 0 Å². The van der Waals surface area contributed by atoms with Gasteiger partial charge in [-0.25, -0.2) is 18.4 Å². The molecule has 0 saturated carbocycles. The number of carbonyl (C=O) groups is 1. The Labute approximate surface area is 169 Å². The van der Waals surface area contributed by atoms with Gasteiger partial charge in [-0.3, -0.25) is 4.79 Å². The molecule has 0 fully saturated rings. The summed E-state index contributed by atoms with van der Waals surface area (Å²) in [5.74, 6) is -0.339. The number of sulfonamides is 1. The Kier molecular flexibility index (Phi) is 5.72. The van der Waals surface area contributed by atoms with Crippen LogP contribution >= 0.6 is 0 Å². The van der Waals surface area contributed by atoms with Gasteiger partial charge in [0.25, 0.3) is 0 Å². The number of nitrogens with one attached hydrogen (secondary N) is 2. The number of aromatic nitrogens is 3. The summed E-state index contributed by atoms with van der Waals surface area (Å²) in [6, 6.07) is 5.21. The van der Waals surface area contributed by atoms with Crippen LogP contribution in [0.4, 0.5) is 0 Å². The van der Waals surface area contributed by atoms with Gasteiger partial charge in [0.2, 0.25) is 10.0 Å². The summed E-state index contributed by atoms with van der Waals surface area (Å²) in [4.78, 5) is 23.4. The van der Waals surface area contributed by atoms with E-state index in [1.165, 1.54) is 19.1 Å². The number of hydrogen-bond acceptors (Lipinski definition) is 5. The molecule has 0 radical (unpaired) electrons. The van der Waals surface area contributed by atoms with Crippen LogP contribution in [0.1, 0.15) is 42.1 Å². The Hall–Kier alpha value is -2.78. The number of rotatable bonds is 7. The summed E-state index contributed by atoms with van der Waals surface area (Å²) in [5.41, 5.74) is 5.56. The van der Waals surface area contributed by atoms with Crippen molar-refractivity contribution in [3.8, 4) is 0 Å². The van der Waals surface area contributed by atoms with Gasteiger partial charge in [-0.05, 0) is 56.0 Å². The highest BCUT2D eigenvalue weighted by molar-refractivity contribution is 7.89. The van der Waals surface area contributed by atoms with Crippen molar-refractivity contribution in [3.05, 3.63) is 52.5 Å². The molecule has 154 valence electrons. The minimum atomic E-state index is -3.90. The van der Waals surface area contributed by atoms with Crippen molar-refractivity contribution in [2.75, 3.05) is 0 Å². The monoisotopic (exact) mass is 416 g/mol. The third-order valence-electron chi connectivity index (χ3n) is 4.91. The molecule has 1 unspecified atom stereocenters. The van der Waals surface area contributed by atoms with Gasteiger partial charge in [0.15, 0.2) is 5.65 Å². The first-order chi connectivity index (χ1) is 13.6. The predicted octanol–water partition coefficient (Wildman–Crippen LogP) is 2.48. The molecule has 3 rings (SSSR count). The molecular formula is C20H24N4O4S. The quantitative estimate of drug-likeness (QED) is 0.543. The number of aliphatic carboxylic acids is 1. The molecule has 1 aromatic carbocycles. The van der Waals surface area contributed by atoms with Gasteiger partial charge >= 0.3 is 5.97 Å². The second-order valence-electron chi connectivity index (χ2n) is 7.04. The maximum atomic E-state index is 12.3. The van der Waals surface area contributed by atoms with E-state index in [1.807, 2.05) is 20.8 Å². The van der Waals surface area contributed by atoms with Crippen molar-refractivity contribution >= 4 is 27.2 Å². The van der Waals surface area contributed by atoms with Crippen LogP contribution in [0.15, 0.2) is 29.2 Å². The molecular weight excluding hydrogens is 392 g/mol. The summed E-state index contributed by atoms with van der Waals surface area (Å²) in [6.07, 6.45) is 1.39. The van der Waals surface area contributed by atoms with Crippen LogP contribution in [0.5, 0.6) is 0 Å². The summed E-state index contributed by atoms with van der Waals surface area (Å²) in [5, 5.41) is 8.90. The van der Waals surface area contributed by atoms with E-state index in [1.54, 1.807) is 12.1 Å². The molecule has 3 aromatic rings. The lowest BCUT2D eigenvalue weighted by atomic mass is 9.99. The van der Waals surface area contributed by atoms with E-state index in [-0.39, 0.29) is 4.90 Å². The number of fused-ring (bicyclic) bond motifs is 1. The number of aromatic amines is 1. The van der Waals surface area contributed by atoms with Crippen LogP contribution in [-0.4, -0.2) is 40.5 Å². The normalized spacial score (nSPS) is 13.0. The molecule has 0 amide bonds. The lowest BCUT2D eigenvalue weighted by molar-refractivity contribution is -0.138. The molecule has 0 aliphatic rings. The molecule has 8 nitrogen and oxygen atoms in total. The zero-order valence-corrected chi connectivity index (χ0v) is 17.6. The van der Waals surface area contributed by atoms with Gasteiger partial charge in [-0.1, -0.05) is 19.1 Å². The molecule has 0 bridgehead atoms. The molecule has 0 saturated heterocycles. The topological polar surface area (TPSA) is 125 Å². The first-order valence-electron chi connectivity index (χ1n) is 9.31. The van der Waals surface area contributed by atoms with Crippen LogP contribution < -0.4 is 4.72 Å². The predicted molar refractivity (Wildman–Crippen MR) is 109 cm³/mol. The van der Waals surface area contributed by atoms with Crippen molar-refractivity contribution in [2.45, 2.75) is 51.5 Å². The molecule has 9 heteroatoms. The summed E-state index contributed by atoms with van der Waals surface area (Å²) < 4.78 is 26.8. The van der Waals surface area contributed by atoms with E-state index in [2.05, 4.69) is 19.7 Å². The van der Waals surface area contributed by atoms with Gasteiger partial charge in [0, 0.05) is 12.1 Å². The van der Waals surface area contributed by atoms with Gasteiger partial charge < -0.3 is 10.1 Å². The Balaban J connectivity index is 1.87. The SMILES string of the molecule is CCc1nc2c(C)c(Cc3ccc(S(=O)(=O)NC(C)C(=O)O)cc3)c(C)nc2[nH]1. The molecule has 29 heavy (non-hydrogen) atoms.